The Morgan fingerprint density at radius 1 is 0.800 bits per heavy atom. The molecule has 0 radical (unpaired) electrons. The number of allylic oxidation sites excluding steroid dienone is 1. The number of hydrogen-bond donors (Lipinski definition) is 0. The predicted octanol–water partition coefficient (Wildman–Crippen LogP) is 4.60. The van der Waals surface area contributed by atoms with Gasteiger partial charge in [0.15, 0.2) is 5.78 Å². The van der Waals surface area contributed by atoms with Gasteiger partial charge in [0, 0.05) is 6.08 Å². The monoisotopic (exact) mass is 282 g/mol. The second-order valence-corrected chi connectivity index (χ2v) is 5.29. The first-order valence-electron chi connectivity index (χ1n) is 8.02. The number of ketones is 1. The maximum atomic E-state index is 11.1. The molecule has 0 spiro atoms. The minimum atomic E-state index is -0.420. The Kier molecular flexibility index (Phi) is 13.5. The van der Waals surface area contributed by atoms with Crippen LogP contribution in [0.15, 0.2) is 12.2 Å². The summed E-state index contributed by atoms with van der Waals surface area (Å²) in [5.41, 5.74) is 0. The van der Waals surface area contributed by atoms with Gasteiger partial charge < -0.3 is 4.74 Å². The van der Waals surface area contributed by atoms with Crippen molar-refractivity contribution >= 4 is 11.8 Å². The minimum absolute atomic E-state index is 0.138. The molecule has 0 unspecified atom stereocenters. The molecule has 0 saturated carbocycles. The number of carbonyl (C=O) groups is 2. The van der Waals surface area contributed by atoms with Crippen LogP contribution in [0.5, 0.6) is 0 Å². The quantitative estimate of drug-likeness (QED) is 0.282. The third-order valence-electron chi connectivity index (χ3n) is 3.20. The van der Waals surface area contributed by atoms with Gasteiger partial charge in [0.1, 0.15) is 0 Å². The first-order chi connectivity index (χ1) is 9.66. The molecule has 0 aliphatic rings. The molecule has 0 amide bonds. The highest BCUT2D eigenvalue weighted by molar-refractivity contribution is 5.94. The van der Waals surface area contributed by atoms with Crippen molar-refractivity contribution in [3.8, 4) is 0 Å². The number of carbonyl (C=O) groups excluding carboxylic acids is 2. The fraction of sp³-hybridized carbons (Fsp3) is 0.765. The zero-order valence-electron chi connectivity index (χ0n) is 13.2. The zero-order valence-corrected chi connectivity index (χ0v) is 13.2. The van der Waals surface area contributed by atoms with Crippen LogP contribution in [-0.4, -0.2) is 18.4 Å². The third kappa shape index (κ3) is 14.9. The molecular weight excluding hydrogens is 252 g/mol. The fourth-order valence-electron chi connectivity index (χ4n) is 2.00. The molecule has 0 aromatic rings. The van der Waals surface area contributed by atoms with Crippen molar-refractivity contribution in [3.63, 3.8) is 0 Å². The number of rotatable bonds is 13. The Balaban J connectivity index is 3.20. The standard InChI is InChI=1S/C17H30O3/c1-3-4-5-6-7-8-9-10-11-12-15-20-17(19)14-13-16(2)18/h13-14H,3-12,15H2,1-2H3/b14-13-. The summed E-state index contributed by atoms with van der Waals surface area (Å²) in [6, 6.07) is 0. The maximum Gasteiger partial charge on any atom is 0.330 e. The van der Waals surface area contributed by atoms with Crippen LogP contribution in [0.25, 0.3) is 0 Å². The molecule has 0 rings (SSSR count). The van der Waals surface area contributed by atoms with Crippen LogP contribution in [0.3, 0.4) is 0 Å². The van der Waals surface area contributed by atoms with Crippen molar-refractivity contribution in [2.24, 2.45) is 0 Å². The Morgan fingerprint density at radius 3 is 1.80 bits per heavy atom. The van der Waals surface area contributed by atoms with Crippen molar-refractivity contribution < 1.29 is 14.3 Å². The molecule has 0 heterocycles. The van der Waals surface area contributed by atoms with Crippen molar-refractivity contribution in [2.45, 2.75) is 78.1 Å². The lowest BCUT2D eigenvalue weighted by atomic mass is 10.1. The Labute approximate surface area is 123 Å². The molecule has 0 atom stereocenters. The summed E-state index contributed by atoms with van der Waals surface area (Å²) in [4.78, 5) is 21.8. The number of hydrogen-bond acceptors (Lipinski definition) is 3. The van der Waals surface area contributed by atoms with E-state index in [9.17, 15) is 9.59 Å². The van der Waals surface area contributed by atoms with Gasteiger partial charge in [-0.25, -0.2) is 4.79 Å². The summed E-state index contributed by atoms with van der Waals surface area (Å²) < 4.78 is 4.99. The van der Waals surface area contributed by atoms with E-state index in [-0.39, 0.29) is 5.78 Å². The Hall–Kier alpha value is -1.12. The van der Waals surface area contributed by atoms with Gasteiger partial charge in [0.25, 0.3) is 0 Å². The van der Waals surface area contributed by atoms with Gasteiger partial charge in [-0.05, 0) is 19.4 Å². The molecule has 0 aromatic carbocycles. The smallest absolute Gasteiger partial charge is 0.330 e. The van der Waals surface area contributed by atoms with Crippen molar-refractivity contribution in [2.75, 3.05) is 6.61 Å². The fourth-order valence-corrected chi connectivity index (χ4v) is 2.00. The van der Waals surface area contributed by atoms with Crippen LogP contribution in [0, 0.1) is 0 Å². The molecule has 0 aliphatic heterocycles. The second-order valence-electron chi connectivity index (χ2n) is 5.29. The summed E-state index contributed by atoms with van der Waals surface area (Å²) in [7, 11) is 0. The summed E-state index contributed by atoms with van der Waals surface area (Å²) in [6.07, 6.45) is 15.0. The van der Waals surface area contributed by atoms with Gasteiger partial charge in [-0.3, -0.25) is 4.79 Å². The first kappa shape index (κ1) is 18.9. The van der Waals surface area contributed by atoms with Crippen LogP contribution in [0.4, 0.5) is 0 Å². The van der Waals surface area contributed by atoms with Gasteiger partial charge in [-0.2, -0.15) is 0 Å². The second kappa shape index (κ2) is 14.3. The van der Waals surface area contributed by atoms with Gasteiger partial charge in [-0.1, -0.05) is 64.7 Å². The lowest BCUT2D eigenvalue weighted by molar-refractivity contribution is -0.138. The zero-order chi connectivity index (χ0) is 15.1. The number of ether oxygens (including phenoxy) is 1. The summed E-state index contributed by atoms with van der Waals surface area (Å²) in [5, 5.41) is 0. The number of unbranched alkanes of at least 4 members (excludes halogenated alkanes) is 9. The van der Waals surface area contributed by atoms with Crippen molar-refractivity contribution in [1.82, 2.24) is 0 Å². The summed E-state index contributed by atoms with van der Waals surface area (Å²) in [6.45, 7) is 4.10. The molecule has 0 saturated heterocycles. The van der Waals surface area contributed by atoms with E-state index in [1.165, 1.54) is 70.4 Å². The van der Waals surface area contributed by atoms with Crippen molar-refractivity contribution in [1.29, 1.82) is 0 Å². The van der Waals surface area contributed by atoms with E-state index in [4.69, 9.17) is 4.74 Å². The molecule has 20 heavy (non-hydrogen) atoms. The molecule has 116 valence electrons. The molecule has 0 aliphatic carbocycles. The van der Waals surface area contributed by atoms with E-state index < -0.39 is 5.97 Å². The lowest BCUT2D eigenvalue weighted by Crippen LogP contribution is -2.02. The molecule has 0 bridgehead atoms. The molecular formula is C17H30O3. The molecule has 3 nitrogen and oxygen atoms in total. The predicted molar refractivity (Wildman–Crippen MR) is 82.6 cm³/mol. The van der Waals surface area contributed by atoms with Crippen LogP contribution in [0.2, 0.25) is 0 Å². The van der Waals surface area contributed by atoms with E-state index in [0.717, 1.165) is 12.8 Å². The van der Waals surface area contributed by atoms with E-state index >= 15 is 0 Å². The van der Waals surface area contributed by atoms with Gasteiger partial charge in [0.2, 0.25) is 0 Å². The van der Waals surface area contributed by atoms with Gasteiger partial charge >= 0.3 is 5.97 Å². The van der Waals surface area contributed by atoms with E-state index in [1.54, 1.807) is 0 Å². The molecule has 0 fully saturated rings. The third-order valence-corrected chi connectivity index (χ3v) is 3.20. The highest BCUT2D eigenvalue weighted by atomic mass is 16.5. The average Bonchev–Trinajstić information content (AvgIpc) is 2.42. The van der Waals surface area contributed by atoms with Crippen molar-refractivity contribution in [3.05, 3.63) is 12.2 Å². The minimum Gasteiger partial charge on any atom is -0.463 e. The summed E-state index contributed by atoms with van der Waals surface area (Å²) in [5.74, 6) is -0.558. The normalized spacial score (nSPS) is 10.9. The molecule has 0 N–H and O–H groups in total. The highest BCUT2D eigenvalue weighted by Crippen LogP contribution is 2.10. The van der Waals surface area contributed by atoms with Crippen LogP contribution in [0.1, 0.15) is 78.1 Å². The van der Waals surface area contributed by atoms with E-state index in [2.05, 4.69) is 6.92 Å². The lowest BCUT2D eigenvalue weighted by Gasteiger charge is -2.03. The van der Waals surface area contributed by atoms with Crippen LogP contribution >= 0.6 is 0 Å². The summed E-state index contributed by atoms with van der Waals surface area (Å²) >= 11 is 0. The van der Waals surface area contributed by atoms with Gasteiger partial charge in [0.05, 0.1) is 6.61 Å². The van der Waals surface area contributed by atoms with Gasteiger partial charge in [-0.15, -0.1) is 0 Å². The van der Waals surface area contributed by atoms with Crippen LogP contribution in [-0.2, 0) is 14.3 Å². The highest BCUT2D eigenvalue weighted by Gasteiger charge is 1.97. The maximum absolute atomic E-state index is 11.1. The Morgan fingerprint density at radius 2 is 1.30 bits per heavy atom. The largest absolute Gasteiger partial charge is 0.463 e. The average molecular weight is 282 g/mol. The van der Waals surface area contributed by atoms with Crippen LogP contribution < -0.4 is 0 Å². The molecule has 0 aromatic heterocycles. The topological polar surface area (TPSA) is 43.4 Å². The number of esters is 1. The molecule has 3 heteroatoms. The van der Waals surface area contributed by atoms with E-state index in [0.29, 0.717) is 6.61 Å². The Bertz CT molecular complexity index is 282. The first-order valence-corrected chi connectivity index (χ1v) is 8.02. The van der Waals surface area contributed by atoms with E-state index in [1.807, 2.05) is 0 Å². The SMILES string of the molecule is CCCCCCCCCCCCOC(=O)/C=C\C(C)=O.